The van der Waals surface area contributed by atoms with E-state index in [-0.39, 0.29) is 6.03 Å². The topological polar surface area (TPSA) is 58.4 Å². The molecule has 4 nitrogen and oxygen atoms in total. The monoisotopic (exact) mass is 261 g/mol. The SMILES string of the molecule is CCC1(C)CCN(C(=O)Nc2cccc(N)c2)CC1. The molecule has 0 unspecified atom stereocenters. The van der Waals surface area contributed by atoms with Gasteiger partial charge in [0.2, 0.25) is 0 Å². The summed E-state index contributed by atoms with van der Waals surface area (Å²) in [5.74, 6) is 0. The molecule has 0 spiro atoms. The van der Waals surface area contributed by atoms with Gasteiger partial charge in [-0.1, -0.05) is 26.3 Å². The van der Waals surface area contributed by atoms with Crippen LogP contribution in [-0.4, -0.2) is 24.0 Å². The van der Waals surface area contributed by atoms with Crippen LogP contribution in [0.25, 0.3) is 0 Å². The zero-order valence-corrected chi connectivity index (χ0v) is 11.8. The summed E-state index contributed by atoms with van der Waals surface area (Å²) in [5.41, 5.74) is 7.52. The number of nitrogens with one attached hydrogen (secondary N) is 1. The maximum absolute atomic E-state index is 12.2. The average Bonchev–Trinajstić information content (AvgIpc) is 2.39. The summed E-state index contributed by atoms with van der Waals surface area (Å²) in [6, 6.07) is 7.26. The molecule has 19 heavy (non-hydrogen) atoms. The molecule has 1 saturated heterocycles. The van der Waals surface area contributed by atoms with Crippen molar-refractivity contribution < 1.29 is 4.79 Å². The zero-order chi connectivity index (χ0) is 13.9. The molecule has 0 atom stereocenters. The molecule has 3 N–H and O–H groups in total. The van der Waals surface area contributed by atoms with Gasteiger partial charge in [0.05, 0.1) is 0 Å². The summed E-state index contributed by atoms with van der Waals surface area (Å²) >= 11 is 0. The maximum Gasteiger partial charge on any atom is 0.321 e. The lowest BCUT2D eigenvalue weighted by atomic mass is 9.78. The van der Waals surface area contributed by atoms with Crippen molar-refractivity contribution in [3.05, 3.63) is 24.3 Å². The molecule has 0 aromatic heterocycles. The highest BCUT2D eigenvalue weighted by Gasteiger charge is 2.30. The first-order chi connectivity index (χ1) is 9.02. The summed E-state index contributed by atoms with van der Waals surface area (Å²) in [7, 11) is 0. The minimum atomic E-state index is -0.0243. The third kappa shape index (κ3) is 3.40. The molecule has 2 rings (SSSR count). The number of nitrogens with zero attached hydrogens (tertiary/aromatic N) is 1. The van der Waals surface area contributed by atoms with E-state index in [0.717, 1.165) is 31.6 Å². The zero-order valence-electron chi connectivity index (χ0n) is 11.8. The summed E-state index contributed by atoms with van der Waals surface area (Å²) in [6.45, 7) is 6.19. The third-order valence-electron chi connectivity index (χ3n) is 4.25. The summed E-state index contributed by atoms with van der Waals surface area (Å²) < 4.78 is 0. The van der Waals surface area contributed by atoms with E-state index < -0.39 is 0 Å². The van der Waals surface area contributed by atoms with Crippen LogP contribution < -0.4 is 11.1 Å². The Bertz CT molecular complexity index is 450. The fraction of sp³-hybridized carbons (Fsp3) is 0.533. The van der Waals surface area contributed by atoms with Gasteiger partial charge in [0.25, 0.3) is 0 Å². The van der Waals surface area contributed by atoms with E-state index >= 15 is 0 Å². The number of likely N-dealkylation sites (tertiary alicyclic amines) is 1. The Morgan fingerprint density at radius 3 is 2.68 bits per heavy atom. The van der Waals surface area contributed by atoms with Crippen LogP contribution in [0.3, 0.4) is 0 Å². The highest BCUT2D eigenvalue weighted by Crippen LogP contribution is 2.34. The number of nitrogens with two attached hydrogens (primary N) is 1. The molecule has 0 bridgehead atoms. The molecule has 0 saturated carbocycles. The standard InChI is InChI=1S/C15H23N3O/c1-3-15(2)7-9-18(10-8-15)14(19)17-13-6-4-5-12(16)11-13/h4-6,11H,3,7-10,16H2,1-2H3,(H,17,19). The van der Waals surface area contributed by atoms with Crippen molar-refractivity contribution in [3.8, 4) is 0 Å². The van der Waals surface area contributed by atoms with Gasteiger partial charge in [0.15, 0.2) is 0 Å². The first kappa shape index (κ1) is 13.7. The number of nitrogen functional groups attached to an aromatic ring is 1. The Balaban J connectivity index is 1.92. The molecule has 1 aromatic rings. The van der Waals surface area contributed by atoms with E-state index in [0.29, 0.717) is 11.1 Å². The number of anilines is 2. The minimum absolute atomic E-state index is 0.0243. The number of hydrogen-bond acceptors (Lipinski definition) is 2. The Morgan fingerprint density at radius 1 is 1.42 bits per heavy atom. The maximum atomic E-state index is 12.2. The Labute approximate surface area is 115 Å². The van der Waals surface area contributed by atoms with E-state index in [1.165, 1.54) is 6.42 Å². The van der Waals surface area contributed by atoms with Crippen LogP contribution in [0.5, 0.6) is 0 Å². The second kappa shape index (κ2) is 5.51. The fourth-order valence-electron chi connectivity index (χ4n) is 2.42. The molecule has 1 fully saturated rings. The quantitative estimate of drug-likeness (QED) is 0.802. The van der Waals surface area contributed by atoms with Gasteiger partial charge >= 0.3 is 6.03 Å². The Hall–Kier alpha value is -1.71. The average molecular weight is 261 g/mol. The number of benzene rings is 1. The normalized spacial score (nSPS) is 18.1. The van der Waals surface area contributed by atoms with E-state index in [9.17, 15) is 4.79 Å². The van der Waals surface area contributed by atoms with Gasteiger partial charge in [0, 0.05) is 24.5 Å². The van der Waals surface area contributed by atoms with Crippen LogP contribution in [0, 0.1) is 5.41 Å². The molecule has 2 amide bonds. The Kier molecular flexibility index (Phi) is 3.98. The minimum Gasteiger partial charge on any atom is -0.399 e. The van der Waals surface area contributed by atoms with Gasteiger partial charge in [-0.2, -0.15) is 0 Å². The van der Waals surface area contributed by atoms with Crippen LogP contribution in [0.15, 0.2) is 24.3 Å². The molecule has 1 aliphatic heterocycles. The van der Waals surface area contributed by atoms with Gasteiger partial charge in [-0.3, -0.25) is 0 Å². The Morgan fingerprint density at radius 2 is 2.11 bits per heavy atom. The molecular formula is C15H23N3O. The van der Waals surface area contributed by atoms with E-state index in [2.05, 4.69) is 19.2 Å². The van der Waals surface area contributed by atoms with E-state index in [1.807, 2.05) is 23.1 Å². The summed E-state index contributed by atoms with van der Waals surface area (Å²) in [6.07, 6.45) is 3.33. The van der Waals surface area contributed by atoms with Crippen molar-refractivity contribution in [2.24, 2.45) is 5.41 Å². The number of piperidine rings is 1. The lowest BCUT2D eigenvalue weighted by Gasteiger charge is -2.38. The molecular weight excluding hydrogens is 238 g/mol. The molecule has 1 heterocycles. The van der Waals surface area contributed by atoms with Crippen LogP contribution in [0.2, 0.25) is 0 Å². The number of rotatable bonds is 2. The van der Waals surface area contributed by atoms with Crippen molar-refractivity contribution in [2.75, 3.05) is 24.1 Å². The molecule has 0 aliphatic carbocycles. The largest absolute Gasteiger partial charge is 0.399 e. The predicted molar refractivity (Wildman–Crippen MR) is 79.1 cm³/mol. The lowest BCUT2D eigenvalue weighted by molar-refractivity contribution is 0.133. The molecule has 0 radical (unpaired) electrons. The van der Waals surface area contributed by atoms with Gasteiger partial charge in [-0.05, 0) is 36.5 Å². The summed E-state index contributed by atoms with van der Waals surface area (Å²) in [5, 5.41) is 2.90. The molecule has 4 heteroatoms. The smallest absolute Gasteiger partial charge is 0.321 e. The molecule has 1 aromatic carbocycles. The van der Waals surface area contributed by atoms with Crippen molar-refractivity contribution in [1.82, 2.24) is 4.90 Å². The van der Waals surface area contributed by atoms with Crippen LogP contribution in [-0.2, 0) is 0 Å². The van der Waals surface area contributed by atoms with Crippen molar-refractivity contribution >= 4 is 17.4 Å². The van der Waals surface area contributed by atoms with Gasteiger partial charge in [-0.15, -0.1) is 0 Å². The number of urea groups is 1. The van der Waals surface area contributed by atoms with Gasteiger partial charge in [0.1, 0.15) is 0 Å². The summed E-state index contributed by atoms with van der Waals surface area (Å²) in [4.78, 5) is 14.0. The van der Waals surface area contributed by atoms with E-state index in [1.54, 1.807) is 6.07 Å². The fourth-order valence-corrected chi connectivity index (χ4v) is 2.42. The lowest BCUT2D eigenvalue weighted by Crippen LogP contribution is -2.43. The van der Waals surface area contributed by atoms with E-state index in [4.69, 9.17) is 5.73 Å². The highest BCUT2D eigenvalue weighted by molar-refractivity contribution is 5.89. The van der Waals surface area contributed by atoms with Crippen LogP contribution in [0.4, 0.5) is 16.2 Å². The van der Waals surface area contributed by atoms with Crippen molar-refractivity contribution in [3.63, 3.8) is 0 Å². The molecule has 1 aliphatic rings. The predicted octanol–water partition coefficient (Wildman–Crippen LogP) is 3.31. The highest BCUT2D eigenvalue weighted by atomic mass is 16.2. The van der Waals surface area contributed by atoms with Crippen molar-refractivity contribution in [1.29, 1.82) is 0 Å². The van der Waals surface area contributed by atoms with Gasteiger partial charge in [-0.25, -0.2) is 4.79 Å². The third-order valence-corrected chi connectivity index (χ3v) is 4.25. The number of carbonyl (C=O) groups is 1. The van der Waals surface area contributed by atoms with Crippen molar-refractivity contribution in [2.45, 2.75) is 33.1 Å². The number of amides is 2. The molecule has 104 valence electrons. The number of hydrogen-bond donors (Lipinski definition) is 2. The van der Waals surface area contributed by atoms with Crippen LogP contribution in [0.1, 0.15) is 33.1 Å². The van der Waals surface area contributed by atoms with Crippen LogP contribution >= 0.6 is 0 Å². The number of carbonyl (C=O) groups excluding carboxylic acids is 1. The first-order valence-corrected chi connectivity index (χ1v) is 6.94. The second-order valence-corrected chi connectivity index (χ2v) is 5.71. The van der Waals surface area contributed by atoms with Gasteiger partial charge < -0.3 is 16.0 Å². The first-order valence-electron chi connectivity index (χ1n) is 6.94. The second-order valence-electron chi connectivity index (χ2n) is 5.71.